The summed E-state index contributed by atoms with van der Waals surface area (Å²) in [7, 11) is -3.39. The van der Waals surface area contributed by atoms with Crippen LogP contribution in [0.2, 0.25) is 0 Å². The van der Waals surface area contributed by atoms with Gasteiger partial charge >= 0.3 is 0 Å². The Kier molecular flexibility index (Phi) is 4.12. The van der Waals surface area contributed by atoms with Gasteiger partial charge in [-0.2, -0.15) is 0 Å². The first-order valence-corrected chi connectivity index (χ1v) is 6.99. The van der Waals surface area contributed by atoms with Crippen LogP contribution in [-0.2, 0) is 10.0 Å². The minimum atomic E-state index is -3.39. The van der Waals surface area contributed by atoms with Crippen molar-refractivity contribution < 1.29 is 8.42 Å². The van der Waals surface area contributed by atoms with Gasteiger partial charge in [-0.15, -0.1) is 0 Å². The van der Waals surface area contributed by atoms with Gasteiger partial charge in [-0.1, -0.05) is 22.9 Å². The van der Waals surface area contributed by atoms with Crippen LogP contribution in [0, 0.1) is 0 Å². The third-order valence-corrected chi connectivity index (χ3v) is 4.55. The first-order chi connectivity index (χ1) is 6.47. The molecule has 0 amide bonds. The molecule has 3 nitrogen and oxygen atoms in total. The molecule has 0 fully saturated rings. The molecule has 1 N–H and O–H groups in total. The van der Waals surface area contributed by atoms with Gasteiger partial charge in [0.15, 0.2) is 0 Å². The highest BCUT2D eigenvalue weighted by Crippen LogP contribution is 2.25. The lowest BCUT2D eigenvalue weighted by Crippen LogP contribution is -2.23. The Morgan fingerprint density at radius 2 is 2.00 bits per heavy atom. The molecule has 0 aromatic heterocycles. The normalized spacial score (nSPS) is 11.6. The third-order valence-electron chi connectivity index (χ3n) is 1.52. The monoisotopic (exact) mass is 341 g/mol. The van der Waals surface area contributed by atoms with E-state index in [1.165, 1.54) is 0 Å². The molecular formula is C8H9Br2NO2S. The average Bonchev–Trinajstić information content (AvgIpc) is 2.09. The fourth-order valence-electron chi connectivity index (χ4n) is 0.951. The topological polar surface area (TPSA) is 46.2 Å². The van der Waals surface area contributed by atoms with Crippen molar-refractivity contribution in [3.8, 4) is 0 Å². The second-order valence-corrected chi connectivity index (χ2v) is 6.08. The summed E-state index contributed by atoms with van der Waals surface area (Å²) >= 11 is 6.42. The van der Waals surface area contributed by atoms with E-state index in [9.17, 15) is 8.42 Å². The van der Waals surface area contributed by atoms with Crippen molar-refractivity contribution in [2.24, 2.45) is 0 Å². The van der Waals surface area contributed by atoms with Crippen LogP contribution in [0.3, 0.4) is 0 Å². The summed E-state index contributed by atoms with van der Waals surface area (Å²) in [5.74, 6) is 0. The molecule has 1 rings (SSSR count). The predicted octanol–water partition coefficient (Wildman–Crippen LogP) is 2.51. The van der Waals surface area contributed by atoms with E-state index in [4.69, 9.17) is 0 Å². The maximum atomic E-state index is 11.6. The highest BCUT2D eigenvalue weighted by atomic mass is 79.9. The largest absolute Gasteiger partial charge is 0.241 e. The van der Waals surface area contributed by atoms with E-state index in [1.54, 1.807) is 25.1 Å². The Balaban J connectivity index is 3.25. The van der Waals surface area contributed by atoms with Crippen LogP contribution in [0.15, 0.2) is 32.0 Å². The molecule has 0 aliphatic carbocycles. The van der Waals surface area contributed by atoms with Crippen LogP contribution in [0.5, 0.6) is 0 Å². The maximum absolute atomic E-state index is 11.6. The maximum Gasteiger partial charge on any atom is 0.241 e. The van der Waals surface area contributed by atoms with Crippen molar-refractivity contribution >= 4 is 41.9 Å². The highest BCUT2D eigenvalue weighted by Gasteiger charge is 2.16. The molecule has 1 aromatic rings. The third kappa shape index (κ3) is 2.79. The zero-order valence-corrected chi connectivity index (χ0v) is 11.4. The molecule has 0 saturated carbocycles. The molecule has 6 heteroatoms. The lowest BCUT2D eigenvalue weighted by Gasteiger charge is -2.06. The molecule has 0 saturated heterocycles. The lowest BCUT2D eigenvalue weighted by atomic mass is 10.4. The van der Waals surface area contributed by atoms with Crippen LogP contribution in [-0.4, -0.2) is 15.0 Å². The van der Waals surface area contributed by atoms with E-state index in [1.807, 2.05) is 0 Å². The fourth-order valence-corrected chi connectivity index (χ4v) is 3.49. The minimum Gasteiger partial charge on any atom is -0.211 e. The standard InChI is InChI=1S/C8H9Br2NO2S/c1-2-11-14(12,13)8-5-6(9)3-4-7(8)10/h3-5,11H,2H2,1H3. The second-order valence-electron chi connectivity index (χ2n) is 2.58. The molecule has 0 radical (unpaired) electrons. The van der Waals surface area contributed by atoms with Crippen LogP contribution < -0.4 is 4.72 Å². The van der Waals surface area contributed by atoms with Crippen molar-refractivity contribution in [2.75, 3.05) is 6.54 Å². The van der Waals surface area contributed by atoms with E-state index >= 15 is 0 Å². The summed E-state index contributed by atoms with van der Waals surface area (Å²) in [6.07, 6.45) is 0. The lowest BCUT2D eigenvalue weighted by molar-refractivity contribution is 0.583. The van der Waals surface area contributed by atoms with Gasteiger partial charge in [0.25, 0.3) is 0 Å². The van der Waals surface area contributed by atoms with E-state index in [0.29, 0.717) is 11.0 Å². The van der Waals surface area contributed by atoms with E-state index in [-0.39, 0.29) is 4.90 Å². The summed E-state index contributed by atoms with van der Waals surface area (Å²) < 4.78 is 27.0. The number of rotatable bonds is 3. The Morgan fingerprint density at radius 3 is 2.57 bits per heavy atom. The van der Waals surface area contributed by atoms with Crippen LogP contribution in [0.25, 0.3) is 0 Å². The molecule has 78 valence electrons. The minimum absolute atomic E-state index is 0.244. The van der Waals surface area contributed by atoms with E-state index in [0.717, 1.165) is 4.47 Å². The summed E-state index contributed by atoms with van der Waals surface area (Å²) in [5, 5.41) is 0. The smallest absolute Gasteiger partial charge is 0.211 e. The van der Waals surface area contributed by atoms with Gasteiger partial charge in [-0.3, -0.25) is 0 Å². The first kappa shape index (κ1) is 12.2. The molecule has 0 atom stereocenters. The van der Waals surface area contributed by atoms with E-state index in [2.05, 4.69) is 36.6 Å². The van der Waals surface area contributed by atoms with Crippen molar-refractivity contribution in [2.45, 2.75) is 11.8 Å². The SMILES string of the molecule is CCNS(=O)(=O)c1cc(Br)ccc1Br. The quantitative estimate of drug-likeness (QED) is 0.917. The van der Waals surface area contributed by atoms with Crippen molar-refractivity contribution in [1.82, 2.24) is 4.72 Å². The Morgan fingerprint density at radius 1 is 1.36 bits per heavy atom. The van der Waals surface area contributed by atoms with Gasteiger partial charge in [-0.05, 0) is 34.1 Å². The molecule has 1 aromatic carbocycles. The summed E-state index contributed by atoms with van der Waals surface area (Å²) in [6.45, 7) is 2.12. The number of benzene rings is 1. The molecule has 0 spiro atoms. The predicted molar refractivity (Wildman–Crippen MR) is 62.7 cm³/mol. The number of nitrogens with one attached hydrogen (secondary N) is 1. The summed E-state index contributed by atoms with van der Waals surface area (Å²) in [6, 6.07) is 5.02. The van der Waals surface area contributed by atoms with E-state index < -0.39 is 10.0 Å². The summed E-state index contributed by atoms with van der Waals surface area (Å²) in [5.41, 5.74) is 0. The zero-order valence-electron chi connectivity index (χ0n) is 7.42. The molecular weight excluding hydrogens is 334 g/mol. The average molecular weight is 343 g/mol. The van der Waals surface area contributed by atoms with Gasteiger partial charge in [0.2, 0.25) is 10.0 Å². The van der Waals surface area contributed by atoms with Crippen molar-refractivity contribution in [1.29, 1.82) is 0 Å². The summed E-state index contributed by atoms with van der Waals surface area (Å²) in [4.78, 5) is 0.244. The number of sulfonamides is 1. The van der Waals surface area contributed by atoms with Gasteiger partial charge < -0.3 is 0 Å². The van der Waals surface area contributed by atoms with Crippen molar-refractivity contribution in [3.63, 3.8) is 0 Å². The van der Waals surface area contributed by atoms with Crippen LogP contribution in [0.4, 0.5) is 0 Å². The molecule has 0 unspecified atom stereocenters. The first-order valence-electron chi connectivity index (χ1n) is 3.92. The Hall–Kier alpha value is 0.0900. The molecule has 0 aliphatic rings. The molecule has 0 bridgehead atoms. The molecule has 0 heterocycles. The zero-order chi connectivity index (χ0) is 10.8. The van der Waals surface area contributed by atoms with Gasteiger partial charge in [-0.25, -0.2) is 13.1 Å². The van der Waals surface area contributed by atoms with Crippen LogP contribution >= 0.6 is 31.9 Å². The van der Waals surface area contributed by atoms with Gasteiger partial charge in [0.05, 0.1) is 4.90 Å². The number of hydrogen-bond donors (Lipinski definition) is 1. The highest BCUT2D eigenvalue weighted by molar-refractivity contribution is 9.11. The number of hydrogen-bond acceptors (Lipinski definition) is 2. The fraction of sp³-hybridized carbons (Fsp3) is 0.250. The molecule has 14 heavy (non-hydrogen) atoms. The Labute approximate surface area is 100 Å². The second kappa shape index (κ2) is 4.74. The van der Waals surface area contributed by atoms with Gasteiger partial charge in [0.1, 0.15) is 0 Å². The Bertz CT molecular complexity index is 431. The van der Waals surface area contributed by atoms with Gasteiger partial charge in [0, 0.05) is 15.5 Å². The number of halogens is 2. The molecule has 0 aliphatic heterocycles. The van der Waals surface area contributed by atoms with Crippen molar-refractivity contribution in [3.05, 3.63) is 27.1 Å². The van der Waals surface area contributed by atoms with Crippen LogP contribution in [0.1, 0.15) is 6.92 Å².